The lowest BCUT2D eigenvalue weighted by atomic mass is 9.66. The molecule has 0 spiro atoms. The van der Waals surface area contributed by atoms with Gasteiger partial charge in [-0.1, -0.05) is 87.4 Å². The van der Waals surface area contributed by atoms with Crippen molar-refractivity contribution in [3.05, 3.63) is 77.6 Å². The highest BCUT2D eigenvalue weighted by Gasteiger charge is 2.45. The Morgan fingerprint density at radius 3 is 1.88 bits per heavy atom. The van der Waals surface area contributed by atoms with Gasteiger partial charge in [0.25, 0.3) is 0 Å². The number of nitrogens with zero attached hydrogens (tertiary/aromatic N) is 4. The van der Waals surface area contributed by atoms with Gasteiger partial charge in [0.15, 0.2) is 0 Å². The SMILES string of the molecule is CCCCN.CCCCNc1nc(CNC2(c3ccccc3)CCC(c3ccccc3)(N(C)C)CC2)nc(NC)n1. The minimum Gasteiger partial charge on any atom is -0.357 e. The Balaban J connectivity index is 0.000000850. The van der Waals surface area contributed by atoms with Crippen LogP contribution in [0.5, 0.6) is 0 Å². The zero-order chi connectivity index (χ0) is 29.6. The first kappa shape index (κ1) is 32.4. The van der Waals surface area contributed by atoms with E-state index >= 15 is 0 Å². The summed E-state index contributed by atoms with van der Waals surface area (Å²) in [7, 11) is 6.28. The molecule has 1 aliphatic rings. The van der Waals surface area contributed by atoms with Crippen molar-refractivity contribution in [2.75, 3.05) is 44.9 Å². The number of nitrogens with one attached hydrogen (secondary N) is 3. The van der Waals surface area contributed by atoms with Crippen LogP contribution in [0.25, 0.3) is 0 Å². The highest BCUT2D eigenvalue weighted by Crippen LogP contribution is 2.48. The smallest absolute Gasteiger partial charge is 0.227 e. The van der Waals surface area contributed by atoms with E-state index in [1.807, 2.05) is 7.05 Å². The number of hydrogen-bond acceptors (Lipinski definition) is 8. The third kappa shape index (κ3) is 8.71. The van der Waals surface area contributed by atoms with E-state index in [4.69, 9.17) is 10.7 Å². The highest BCUT2D eigenvalue weighted by molar-refractivity contribution is 5.34. The van der Waals surface area contributed by atoms with Gasteiger partial charge in [-0.15, -0.1) is 0 Å². The summed E-state index contributed by atoms with van der Waals surface area (Å²) < 4.78 is 0. The molecule has 8 nitrogen and oxygen atoms in total. The van der Waals surface area contributed by atoms with E-state index in [2.05, 4.69) is 119 Å². The van der Waals surface area contributed by atoms with Gasteiger partial charge in [0.1, 0.15) is 5.82 Å². The Bertz CT molecular complexity index is 1130. The Kier molecular flexibility index (Phi) is 13.0. The molecule has 1 saturated carbocycles. The summed E-state index contributed by atoms with van der Waals surface area (Å²) in [6.45, 7) is 6.59. The number of hydrogen-bond donors (Lipinski definition) is 4. The quantitative estimate of drug-likeness (QED) is 0.192. The number of rotatable bonds is 13. The molecule has 224 valence electrons. The maximum absolute atomic E-state index is 5.14. The maximum Gasteiger partial charge on any atom is 0.227 e. The van der Waals surface area contributed by atoms with E-state index in [9.17, 15) is 0 Å². The average molecular weight is 561 g/mol. The molecule has 0 atom stereocenters. The predicted octanol–water partition coefficient (Wildman–Crippen LogP) is 5.89. The molecule has 2 aromatic carbocycles. The van der Waals surface area contributed by atoms with Crippen LogP contribution in [-0.4, -0.2) is 54.1 Å². The minimum absolute atomic E-state index is 0.0318. The molecule has 0 unspecified atom stereocenters. The lowest BCUT2D eigenvalue weighted by molar-refractivity contribution is 0.0521. The van der Waals surface area contributed by atoms with E-state index in [1.54, 1.807) is 0 Å². The van der Waals surface area contributed by atoms with Crippen LogP contribution in [0.1, 0.15) is 82.2 Å². The van der Waals surface area contributed by atoms with Gasteiger partial charge in [-0.3, -0.25) is 4.90 Å². The van der Waals surface area contributed by atoms with Crippen molar-refractivity contribution in [3.63, 3.8) is 0 Å². The topological polar surface area (TPSA) is 104 Å². The molecule has 1 heterocycles. The van der Waals surface area contributed by atoms with Gasteiger partial charge >= 0.3 is 0 Å². The van der Waals surface area contributed by atoms with Gasteiger partial charge in [0, 0.05) is 24.7 Å². The van der Waals surface area contributed by atoms with E-state index in [0.717, 1.165) is 57.4 Å². The Labute approximate surface area is 248 Å². The fourth-order valence-electron chi connectivity index (χ4n) is 5.68. The van der Waals surface area contributed by atoms with E-state index in [1.165, 1.54) is 24.0 Å². The van der Waals surface area contributed by atoms with Crippen molar-refractivity contribution < 1.29 is 0 Å². The summed E-state index contributed by atoms with van der Waals surface area (Å²) in [6, 6.07) is 21.8. The fraction of sp³-hybridized carbons (Fsp3) is 0.545. The van der Waals surface area contributed by atoms with Crippen LogP contribution in [0.4, 0.5) is 11.9 Å². The molecule has 1 aromatic heterocycles. The Hall–Kier alpha value is -3.07. The van der Waals surface area contributed by atoms with Gasteiger partial charge in [-0.05, 0) is 70.3 Å². The number of unbranched alkanes of at least 4 members (excludes halogenated alkanes) is 2. The van der Waals surface area contributed by atoms with Crippen LogP contribution in [0.3, 0.4) is 0 Å². The number of aromatic nitrogens is 3. The van der Waals surface area contributed by atoms with Crippen LogP contribution in [0, 0.1) is 0 Å². The van der Waals surface area contributed by atoms with E-state index < -0.39 is 0 Å². The normalized spacial score (nSPS) is 20.3. The zero-order valence-electron chi connectivity index (χ0n) is 25.9. The van der Waals surface area contributed by atoms with Gasteiger partial charge in [-0.2, -0.15) is 15.0 Å². The second-order valence-electron chi connectivity index (χ2n) is 11.2. The van der Waals surface area contributed by atoms with Gasteiger partial charge < -0.3 is 21.7 Å². The summed E-state index contributed by atoms with van der Waals surface area (Å²) >= 11 is 0. The average Bonchev–Trinajstić information content (AvgIpc) is 3.02. The van der Waals surface area contributed by atoms with E-state index in [0.29, 0.717) is 18.4 Å². The second kappa shape index (κ2) is 16.4. The molecule has 0 aliphatic heterocycles. The van der Waals surface area contributed by atoms with Crippen LogP contribution < -0.4 is 21.7 Å². The van der Waals surface area contributed by atoms with Crippen molar-refractivity contribution in [3.8, 4) is 0 Å². The predicted molar refractivity (Wildman–Crippen MR) is 172 cm³/mol. The first-order valence-corrected chi connectivity index (χ1v) is 15.3. The number of anilines is 2. The van der Waals surface area contributed by atoms with Gasteiger partial charge in [-0.25, -0.2) is 0 Å². The summed E-state index contributed by atoms with van der Waals surface area (Å²) in [4.78, 5) is 16.3. The first-order valence-electron chi connectivity index (χ1n) is 15.3. The summed E-state index contributed by atoms with van der Waals surface area (Å²) in [5.41, 5.74) is 7.76. The van der Waals surface area contributed by atoms with Crippen molar-refractivity contribution in [2.45, 2.75) is 82.8 Å². The van der Waals surface area contributed by atoms with Gasteiger partial charge in [0.2, 0.25) is 11.9 Å². The van der Waals surface area contributed by atoms with Crippen LogP contribution in [0.15, 0.2) is 60.7 Å². The molecule has 41 heavy (non-hydrogen) atoms. The standard InChI is InChI=1S/C29H41N7.C4H11N/c1-5-6-21-31-27-34-25(33-26(30-2)35-27)22-32-28(23-13-9-7-10-14-23)17-19-29(20-18-28,36(3)4)24-15-11-8-12-16-24;1-2-3-4-5/h7-16,32H,5-6,17-22H2,1-4H3,(H2,30,31,33,34,35);2-5H2,1H3. The van der Waals surface area contributed by atoms with Crippen molar-refractivity contribution >= 4 is 11.9 Å². The van der Waals surface area contributed by atoms with Crippen LogP contribution >= 0.6 is 0 Å². The molecular formula is C33H52N8. The molecular weight excluding hydrogens is 508 g/mol. The molecule has 1 fully saturated rings. The molecule has 8 heteroatoms. The lowest BCUT2D eigenvalue weighted by Gasteiger charge is -2.50. The number of benzene rings is 2. The third-order valence-electron chi connectivity index (χ3n) is 8.29. The maximum atomic E-state index is 5.14. The largest absolute Gasteiger partial charge is 0.357 e. The van der Waals surface area contributed by atoms with Crippen LogP contribution in [0.2, 0.25) is 0 Å². The lowest BCUT2D eigenvalue weighted by Crippen LogP contribution is -2.52. The second-order valence-corrected chi connectivity index (χ2v) is 11.2. The number of nitrogens with two attached hydrogens (primary N) is 1. The Morgan fingerprint density at radius 1 is 0.780 bits per heavy atom. The summed E-state index contributed by atoms with van der Waals surface area (Å²) in [6.07, 6.45) is 8.77. The molecule has 3 aromatic rings. The van der Waals surface area contributed by atoms with Crippen molar-refractivity contribution in [1.82, 2.24) is 25.2 Å². The van der Waals surface area contributed by atoms with E-state index in [-0.39, 0.29) is 11.1 Å². The monoisotopic (exact) mass is 560 g/mol. The zero-order valence-corrected chi connectivity index (χ0v) is 25.9. The molecule has 0 bridgehead atoms. The Morgan fingerprint density at radius 2 is 1.37 bits per heavy atom. The molecule has 0 radical (unpaired) electrons. The molecule has 0 saturated heterocycles. The van der Waals surface area contributed by atoms with Crippen molar-refractivity contribution in [1.29, 1.82) is 0 Å². The van der Waals surface area contributed by atoms with Gasteiger partial charge in [0.05, 0.1) is 6.54 Å². The fourth-order valence-corrected chi connectivity index (χ4v) is 5.68. The third-order valence-corrected chi connectivity index (χ3v) is 8.29. The molecule has 4 rings (SSSR count). The summed E-state index contributed by atoms with van der Waals surface area (Å²) in [5.74, 6) is 1.97. The first-order chi connectivity index (χ1) is 19.9. The molecule has 5 N–H and O–H groups in total. The molecule has 0 amide bonds. The van der Waals surface area contributed by atoms with Crippen molar-refractivity contribution in [2.24, 2.45) is 5.73 Å². The highest BCUT2D eigenvalue weighted by atomic mass is 15.2. The molecule has 1 aliphatic carbocycles. The summed E-state index contributed by atoms with van der Waals surface area (Å²) in [5, 5.41) is 10.3. The minimum atomic E-state index is -0.141. The van der Waals surface area contributed by atoms with Crippen LogP contribution in [-0.2, 0) is 17.6 Å².